The van der Waals surface area contributed by atoms with E-state index < -0.39 is 12.0 Å². The van der Waals surface area contributed by atoms with Crippen LogP contribution in [0.4, 0.5) is 15.2 Å². The Balaban J connectivity index is 0.00000304. The summed E-state index contributed by atoms with van der Waals surface area (Å²) < 4.78 is 14.2. The van der Waals surface area contributed by atoms with Gasteiger partial charge < -0.3 is 15.7 Å². The predicted molar refractivity (Wildman–Crippen MR) is 142 cm³/mol. The first-order valence-electron chi connectivity index (χ1n) is 11.5. The number of carboxylic acids is 1. The molecule has 3 N–H and O–H groups in total. The number of anilines is 2. The summed E-state index contributed by atoms with van der Waals surface area (Å²) in [7, 11) is 0. The fourth-order valence-electron chi connectivity index (χ4n) is 4.16. The third-order valence-electron chi connectivity index (χ3n) is 6.36. The number of amides is 1. The van der Waals surface area contributed by atoms with Gasteiger partial charge in [-0.05, 0) is 65.9 Å². The Labute approximate surface area is 213 Å². The van der Waals surface area contributed by atoms with Gasteiger partial charge in [0.25, 0.3) is 5.91 Å². The van der Waals surface area contributed by atoms with Gasteiger partial charge in [0, 0.05) is 11.3 Å². The van der Waals surface area contributed by atoms with E-state index in [9.17, 15) is 19.1 Å². The normalized spacial score (nSPS) is 13.9. The molecule has 0 aliphatic heterocycles. The highest BCUT2D eigenvalue weighted by atomic mass is 32.1. The van der Waals surface area contributed by atoms with Crippen LogP contribution in [-0.4, -0.2) is 28.0 Å². The molecule has 1 atom stereocenters. The number of thiazole rings is 1. The molecule has 3 aromatic carbocycles. The van der Waals surface area contributed by atoms with Crippen LogP contribution in [0.5, 0.6) is 0 Å². The molecule has 1 fully saturated rings. The SMILES string of the molecule is C.O=C(N[C@@H](CC1CCC1)C(=O)O)c1ccc(-c2ccc(Nc3nc4ccc(F)cc4s3)cc2)cc1. The van der Waals surface area contributed by atoms with Crippen molar-refractivity contribution in [2.75, 3.05) is 5.32 Å². The predicted octanol–water partition coefficient (Wildman–Crippen LogP) is 6.86. The molecule has 1 heterocycles. The highest BCUT2D eigenvalue weighted by molar-refractivity contribution is 7.22. The molecular weight excluding hydrogens is 477 g/mol. The number of aliphatic carboxylic acids is 1. The van der Waals surface area contributed by atoms with E-state index in [2.05, 4.69) is 15.6 Å². The molecule has 6 nitrogen and oxygen atoms in total. The Hall–Kier alpha value is -3.78. The van der Waals surface area contributed by atoms with Crippen LogP contribution >= 0.6 is 11.3 Å². The summed E-state index contributed by atoms with van der Waals surface area (Å²) in [6.45, 7) is 0. The van der Waals surface area contributed by atoms with E-state index in [0.29, 0.717) is 23.0 Å². The van der Waals surface area contributed by atoms with Crippen LogP contribution in [0.1, 0.15) is 43.5 Å². The van der Waals surface area contributed by atoms with Crippen molar-refractivity contribution in [2.45, 2.75) is 39.2 Å². The average molecular weight is 506 g/mol. The molecule has 1 amide bonds. The summed E-state index contributed by atoms with van der Waals surface area (Å²) in [5, 5.41) is 16.1. The number of benzene rings is 3. The third kappa shape index (κ3) is 5.71. The van der Waals surface area contributed by atoms with Gasteiger partial charge in [-0.3, -0.25) is 4.79 Å². The van der Waals surface area contributed by atoms with Gasteiger partial charge in [0.1, 0.15) is 11.9 Å². The first kappa shape index (κ1) is 25.3. The molecule has 1 aromatic heterocycles. The van der Waals surface area contributed by atoms with Crippen molar-refractivity contribution in [2.24, 2.45) is 5.92 Å². The number of nitrogens with zero attached hydrogens (tertiary/aromatic N) is 1. The smallest absolute Gasteiger partial charge is 0.326 e. The summed E-state index contributed by atoms with van der Waals surface area (Å²) in [4.78, 5) is 28.6. The van der Waals surface area contributed by atoms with E-state index in [1.165, 1.54) is 23.5 Å². The number of rotatable bonds is 8. The lowest BCUT2D eigenvalue weighted by Crippen LogP contribution is -2.42. The van der Waals surface area contributed by atoms with E-state index in [-0.39, 0.29) is 19.2 Å². The van der Waals surface area contributed by atoms with Gasteiger partial charge in [-0.15, -0.1) is 0 Å². The zero-order chi connectivity index (χ0) is 24.4. The van der Waals surface area contributed by atoms with Gasteiger partial charge in [-0.2, -0.15) is 0 Å². The Morgan fingerprint density at radius 1 is 1.03 bits per heavy atom. The van der Waals surface area contributed by atoms with E-state index >= 15 is 0 Å². The van der Waals surface area contributed by atoms with Crippen molar-refractivity contribution in [3.63, 3.8) is 0 Å². The molecule has 8 heteroatoms. The minimum atomic E-state index is -0.992. The van der Waals surface area contributed by atoms with E-state index in [0.717, 1.165) is 46.3 Å². The van der Waals surface area contributed by atoms with Crippen LogP contribution in [-0.2, 0) is 4.79 Å². The molecule has 4 aromatic rings. The third-order valence-corrected chi connectivity index (χ3v) is 7.30. The largest absolute Gasteiger partial charge is 0.480 e. The molecule has 36 heavy (non-hydrogen) atoms. The lowest BCUT2D eigenvalue weighted by Gasteiger charge is -2.28. The first-order valence-corrected chi connectivity index (χ1v) is 12.3. The number of carbonyl (C=O) groups is 2. The zero-order valence-corrected chi connectivity index (χ0v) is 19.6. The number of hydrogen-bond acceptors (Lipinski definition) is 5. The number of hydrogen-bond donors (Lipinski definition) is 3. The fourth-order valence-corrected chi connectivity index (χ4v) is 5.07. The second-order valence-corrected chi connectivity index (χ2v) is 9.84. The van der Waals surface area contributed by atoms with Gasteiger partial charge in [0.05, 0.1) is 10.2 Å². The van der Waals surface area contributed by atoms with Crippen LogP contribution in [0, 0.1) is 11.7 Å². The highest BCUT2D eigenvalue weighted by Gasteiger charge is 2.27. The molecule has 1 saturated carbocycles. The van der Waals surface area contributed by atoms with Crippen LogP contribution < -0.4 is 10.6 Å². The standard InChI is InChI=1S/C27H24FN3O3S.CH4/c28-20-10-13-22-24(15-20)35-27(31-22)29-21-11-8-18(9-12-21)17-4-6-19(7-5-17)25(32)30-23(26(33)34)14-16-2-1-3-16;/h4-13,15-16,23H,1-3,14H2,(H,29,31)(H,30,32)(H,33,34);1H4/t23-;/m0./s1. The molecule has 1 aliphatic carbocycles. The van der Waals surface area contributed by atoms with Crippen molar-refractivity contribution in [3.8, 4) is 11.1 Å². The molecule has 0 saturated heterocycles. The number of carboxylic acid groups (broad SMARTS) is 1. The van der Waals surface area contributed by atoms with Crippen LogP contribution in [0.15, 0.2) is 66.7 Å². The number of aromatic nitrogens is 1. The minimum Gasteiger partial charge on any atom is -0.480 e. The van der Waals surface area contributed by atoms with Gasteiger partial charge in [0.2, 0.25) is 0 Å². The summed E-state index contributed by atoms with van der Waals surface area (Å²) in [5.41, 5.74) is 3.95. The van der Waals surface area contributed by atoms with Crippen LogP contribution in [0.3, 0.4) is 0 Å². The monoisotopic (exact) mass is 505 g/mol. The van der Waals surface area contributed by atoms with E-state index in [1.807, 2.05) is 36.4 Å². The van der Waals surface area contributed by atoms with Crippen LogP contribution in [0.2, 0.25) is 0 Å². The highest BCUT2D eigenvalue weighted by Crippen LogP contribution is 2.31. The summed E-state index contributed by atoms with van der Waals surface area (Å²) in [6.07, 6.45) is 3.67. The molecular formula is C28H28FN3O3S. The molecule has 5 rings (SSSR count). The maximum Gasteiger partial charge on any atom is 0.326 e. The number of halogens is 1. The van der Waals surface area contributed by atoms with Crippen molar-refractivity contribution in [1.29, 1.82) is 0 Å². The Morgan fingerprint density at radius 2 is 1.69 bits per heavy atom. The molecule has 186 valence electrons. The van der Waals surface area contributed by atoms with E-state index in [1.54, 1.807) is 18.2 Å². The van der Waals surface area contributed by atoms with Crippen molar-refractivity contribution >= 4 is 44.2 Å². The van der Waals surface area contributed by atoms with Crippen molar-refractivity contribution < 1.29 is 19.1 Å². The molecule has 0 bridgehead atoms. The Bertz CT molecular complexity index is 1370. The maximum absolute atomic E-state index is 13.4. The number of carbonyl (C=O) groups excluding carboxylic acids is 1. The fraction of sp³-hybridized carbons (Fsp3) is 0.250. The first-order chi connectivity index (χ1) is 16.9. The topological polar surface area (TPSA) is 91.3 Å². The second-order valence-electron chi connectivity index (χ2n) is 8.81. The van der Waals surface area contributed by atoms with Crippen LogP contribution in [0.25, 0.3) is 21.3 Å². The quantitative estimate of drug-likeness (QED) is 0.243. The van der Waals surface area contributed by atoms with E-state index in [4.69, 9.17) is 0 Å². The van der Waals surface area contributed by atoms with Gasteiger partial charge in [-0.25, -0.2) is 14.2 Å². The number of fused-ring (bicyclic) bond motifs is 1. The average Bonchev–Trinajstić information content (AvgIpc) is 3.22. The van der Waals surface area contributed by atoms with Gasteiger partial charge >= 0.3 is 5.97 Å². The maximum atomic E-state index is 13.4. The molecule has 0 spiro atoms. The van der Waals surface area contributed by atoms with Crippen molar-refractivity contribution in [1.82, 2.24) is 10.3 Å². The molecule has 1 aliphatic rings. The molecule has 0 radical (unpaired) electrons. The number of nitrogens with one attached hydrogen (secondary N) is 2. The summed E-state index contributed by atoms with van der Waals surface area (Å²) in [5.74, 6) is -1.27. The zero-order valence-electron chi connectivity index (χ0n) is 18.8. The Morgan fingerprint density at radius 3 is 2.31 bits per heavy atom. The lowest BCUT2D eigenvalue weighted by atomic mass is 9.81. The van der Waals surface area contributed by atoms with Crippen molar-refractivity contribution in [3.05, 3.63) is 78.1 Å². The van der Waals surface area contributed by atoms with Gasteiger partial charge in [0.15, 0.2) is 5.13 Å². The second kappa shape index (κ2) is 10.9. The molecule has 0 unspecified atom stereocenters. The summed E-state index contributed by atoms with van der Waals surface area (Å²) >= 11 is 1.39. The minimum absolute atomic E-state index is 0. The van der Waals surface area contributed by atoms with Gasteiger partial charge in [-0.1, -0.05) is 62.3 Å². The summed E-state index contributed by atoms with van der Waals surface area (Å²) in [6, 6.07) is 18.6. The lowest BCUT2D eigenvalue weighted by molar-refractivity contribution is -0.139. The Kier molecular flexibility index (Phi) is 7.64.